The van der Waals surface area contributed by atoms with Gasteiger partial charge in [-0.2, -0.15) is 0 Å². The molecule has 0 fully saturated rings. The summed E-state index contributed by atoms with van der Waals surface area (Å²) in [6.07, 6.45) is 0.824. The van der Waals surface area contributed by atoms with Crippen molar-refractivity contribution in [3.8, 4) is 11.5 Å². The van der Waals surface area contributed by atoms with Crippen molar-refractivity contribution in [2.24, 2.45) is 0 Å². The van der Waals surface area contributed by atoms with Crippen LogP contribution in [0.2, 0.25) is 0 Å². The fourth-order valence-corrected chi connectivity index (χ4v) is 4.26. The Morgan fingerprint density at radius 3 is 2.68 bits per heavy atom. The number of fused-ring (bicyclic) bond motifs is 3. The van der Waals surface area contributed by atoms with E-state index in [4.69, 9.17) is 9.47 Å². The lowest BCUT2D eigenvalue weighted by Crippen LogP contribution is -2.41. The molecule has 2 aromatic carbocycles. The van der Waals surface area contributed by atoms with Gasteiger partial charge in [0.15, 0.2) is 11.5 Å². The summed E-state index contributed by atoms with van der Waals surface area (Å²) in [5, 5.41) is 4.23. The third-order valence-corrected chi connectivity index (χ3v) is 5.97. The number of aromatic nitrogens is 1. The van der Waals surface area contributed by atoms with Crippen LogP contribution in [-0.4, -0.2) is 36.7 Å². The standard InChI is InChI=1S/C21H22BrN3O3/c1-12-20-14(13-6-4-5-7-16(13)23-20)8-9-25(12)21(26)24-17-11-19(28-3)18(27-2)10-15(17)22/h4-7,10-12,23H,8-9H2,1-3H3,(H,24,26)/t12-/m0/s1. The molecule has 0 aliphatic carbocycles. The number of H-pyrrole nitrogens is 1. The van der Waals surface area contributed by atoms with E-state index in [1.165, 1.54) is 10.9 Å². The molecule has 0 saturated heterocycles. The zero-order valence-electron chi connectivity index (χ0n) is 16.0. The molecule has 0 saturated carbocycles. The molecule has 0 bridgehead atoms. The first-order valence-corrected chi connectivity index (χ1v) is 9.91. The number of amides is 2. The maximum Gasteiger partial charge on any atom is 0.322 e. The van der Waals surface area contributed by atoms with Gasteiger partial charge < -0.3 is 24.7 Å². The normalized spacial score (nSPS) is 16.0. The molecule has 1 aromatic heterocycles. The second kappa shape index (κ2) is 7.39. The highest BCUT2D eigenvalue weighted by Crippen LogP contribution is 2.38. The number of carbonyl (C=O) groups excluding carboxylic acids is 1. The summed E-state index contributed by atoms with van der Waals surface area (Å²) in [5.74, 6) is 1.16. The lowest BCUT2D eigenvalue weighted by Gasteiger charge is -2.33. The van der Waals surface area contributed by atoms with Gasteiger partial charge in [0.1, 0.15) is 0 Å². The highest BCUT2D eigenvalue weighted by atomic mass is 79.9. The number of ether oxygens (including phenoxy) is 2. The van der Waals surface area contributed by atoms with E-state index in [0.717, 1.165) is 22.1 Å². The number of urea groups is 1. The Labute approximate surface area is 171 Å². The second-order valence-electron chi connectivity index (χ2n) is 6.80. The molecule has 2 N–H and O–H groups in total. The van der Waals surface area contributed by atoms with Crippen molar-refractivity contribution in [2.45, 2.75) is 19.4 Å². The lowest BCUT2D eigenvalue weighted by molar-refractivity contribution is 0.187. The van der Waals surface area contributed by atoms with E-state index in [1.54, 1.807) is 26.4 Å². The number of benzene rings is 2. The predicted molar refractivity (Wildman–Crippen MR) is 113 cm³/mol. The quantitative estimate of drug-likeness (QED) is 0.591. The molecule has 0 unspecified atom stereocenters. The molecule has 6 nitrogen and oxygen atoms in total. The average Bonchev–Trinajstić information content (AvgIpc) is 3.09. The summed E-state index contributed by atoms with van der Waals surface area (Å²) < 4.78 is 11.4. The fraction of sp³-hybridized carbons (Fsp3) is 0.286. The largest absolute Gasteiger partial charge is 0.493 e. The molecule has 28 heavy (non-hydrogen) atoms. The van der Waals surface area contributed by atoms with Crippen molar-refractivity contribution in [3.63, 3.8) is 0 Å². The molecule has 2 amide bonds. The van der Waals surface area contributed by atoms with Crippen LogP contribution in [-0.2, 0) is 6.42 Å². The number of hydrogen-bond acceptors (Lipinski definition) is 3. The van der Waals surface area contributed by atoms with Crippen LogP contribution in [0.4, 0.5) is 10.5 Å². The smallest absolute Gasteiger partial charge is 0.322 e. The van der Waals surface area contributed by atoms with Gasteiger partial charge in [-0.3, -0.25) is 0 Å². The van der Waals surface area contributed by atoms with Crippen molar-refractivity contribution in [3.05, 3.63) is 52.1 Å². The Kier molecular flexibility index (Phi) is 4.93. The topological polar surface area (TPSA) is 66.6 Å². The van der Waals surface area contributed by atoms with E-state index in [0.29, 0.717) is 23.7 Å². The summed E-state index contributed by atoms with van der Waals surface area (Å²) in [5.41, 5.74) is 4.16. The molecular formula is C21H22BrN3O3. The number of anilines is 1. The van der Waals surface area contributed by atoms with E-state index in [9.17, 15) is 4.79 Å². The third-order valence-electron chi connectivity index (χ3n) is 5.31. The number of aromatic amines is 1. The number of halogens is 1. The van der Waals surface area contributed by atoms with Crippen LogP contribution in [0, 0.1) is 0 Å². The van der Waals surface area contributed by atoms with E-state index in [1.807, 2.05) is 11.0 Å². The lowest BCUT2D eigenvalue weighted by atomic mass is 9.98. The minimum atomic E-state index is -0.148. The predicted octanol–water partition coefficient (Wildman–Crippen LogP) is 5.10. The van der Waals surface area contributed by atoms with Gasteiger partial charge in [0.05, 0.1) is 25.9 Å². The van der Waals surface area contributed by atoms with Gasteiger partial charge in [-0.15, -0.1) is 0 Å². The van der Waals surface area contributed by atoms with Crippen LogP contribution in [0.1, 0.15) is 24.2 Å². The maximum atomic E-state index is 13.0. The Morgan fingerprint density at radius 2 is 1.93 bits per heavy atom. The second-order valence-corrected chi connectivity index (χ2v) is 7.65. The highest BCUT2D eigenvalue weighted by Gasteiger charge is 2.30. The summed E-state index contributed by atoms with van der Waals surface area (Å²) in [7, 11) is 3.15. The zero-order valence-corrected chi connectivity index (χ0v) is 17.6. The number of carbonyl (C=O) groups is 1. The van der Waals surface area contributed by atoms with Crippen molar-refractivity contribution in [1.82, 2.24) is 9.88 Å². The molecule has 7 heteroatoms. The average molecular weight is 444 g/mol. The van der Waals surface area contributed by atoms with Crippen LogP contribution < -0.4 is 14.8 Å². The monoisotopic (exact) mass is 443 g/mol. The van der Waals surface area contributed by atoms with E-state index < -0.39 is 0 Å². The first kappa shape index (κ1) is 18.7. The van der Waals surface area contributed by atoms with Gasteiger partial charge >= 0.3 is 6.03 Å². The number of rotatable bonds is 3. The number of nitrogens with zero attached hydrogens (tertiary/aromatic N) is 1. The summed E-state index contributed by atoms with van der Waals surface area (Å²) in [4.78, 5) is 18.4. The molecule has 4 rings (SSSR count). The van der Waals surface area contributed by atoms with E-state index in [2.05, 4.69) is 51.4 Å². The molecule has 2 heterocycles. The van der Waals surface area contributed by atoms with Gasteiger partial charge in [-0.25, -0.2) is 4.79 Å². The summed E-state index contributed by atoms with van der Waals surface area (Å²) in [6.45, 7) is 2.71. The highest BCUT2D eigenvalue weighted by molar-refractivity contribution is 9.10. The van der Waals surface area contributed by atoms with Gasteiger partial charge in [-0.1, -0.05) is 18.2 Å². The number of hydrogen-bond donors (Lipinski definition) is 2. The van der Waals surface area contributed by atoms with Crippen LogP contribution in [0.3, 0.4) is 0 Å². The minimum absolute atomic E-state index is 0.0462. The Morgan fingerprint density at radius 1 is 1.21 bits per heavy atom. The first-order chi connectivity index (χ1) is 13.5. The Bertz CT molecular complexity index is 1050. The Hall–Kier alpha value is -2.67. The van der Waals surface area contributed by atoms with Crippen LogP contribution in [0.25, 0.3) is 10.9 Å². The molecule has 1 aliphatic rings. The SMILES string of the molecule is COc1cc(Br)c(NC(=O)N2CCc3c([nH]c4ccccc34)[C@@H]2C)cc1OC. The maximum absolute atomic E-state index is 13.0. The van der Waals surface area contributed by atoms with E-state index >= 15 is 0 Å². The zero-order chi connectivity index (χ0) is 19.8. The summed E-state index contributed by atoms with van der Waals surface area (Å²) >= 11 is 3.49. The molecule has 0 spiro atoms. The van der Waals surface area contributed by atoms with Crippen LogP contribution >= 0.6 is 15.9 Å². The first-order valence-electron chi connectivity index (χ1n) is 9.12. The van der Waals surface area contributed by atoms with Gasteiger partial charge in [0.25, 0.3) is 0 Å². The fourth-order valence-electron chi connectivity index (χ4n) is 3.84. The van der Waals surface area contributed by atoms with Crippen molar-refractivity contribution in [1.29, 1.82) is 0 Å². The number of nitrogens with one attached hydrogen (secondary N) is 2. The molecule has 146 valence electrons. The van der Waals surface area contributed by atoms with Gasteiger partial charge in [0.2, 0.25) is 0 Å². The molecule has 3 aromatic rings. The number of para-hydroxylation sites is 1. The molecule has 1 aliphatic heterocycles. The van der Waals surface area contributed by atoms with Crippen molar-refractivity contribution >= 4 is 38.6 Å². The molecule has 0 radical (unpaired) electrons. The summed E-state index contributed by atoms with van der Waals surface area (Å²) in [6, 6.07) is 11.6. The number of methoxy groups -OCH3 is 2. The van der Waals surface area contributed by atoms with E-state index in [-0.39, 0.29) is 12.1 Å². The Balaban J connectivity index is 1.59. The van der Waals surface area contributed by atoms with Crippen LogP contribution in [0.15, 0.2) is 40.9 Å². The van der Waals surface area contributed by atoms with Crippen molar-refractivity contribution in [2.75, 3.05) is 26.1 Å². The molecule has 1 atom stereocenters. The van der Waals surface area contributed by atoms with Crippen LogP contribution in [0.5, 0.6) is 11.5 Å². The van der Waals surface area contributed by atoms with Gasteiger partial charge in [-0.05, 0) is 40.9 Å². The van der Waals surface area contributed by atoms with Crippen molar-refractivity contribution < 1.29 is 14.3 Å². The molecular weight excluding hydrogens is 422 g/mol. The third kappa shape index (κ3) is 3.09. The van der Waals surface area contributed by atoms with Gasteiger partial charge in [0, 0.05) is 39.7 Å². The minimum Gasteiger partial charge on any atom is -0.493 e.